The summed E-state index contributed by atoms with van der Waals surface area (Å²) in [5.74, 6) is -1.86. The molecule has 126 valence electrons. The number of carbonyl (C=O) groups excluding carboxylic acids is 1. The van der Waals surface area contributed by atoms with Crippen molar-refractivity contribution in [2.75, 3.05) is 31.6 Å². The van der Waals surface area contributed by atoms with Crippen molar-refractivity contribution in [1.82, 2.24) is 4.90 Å². The molecule has 0 saturated carbocycles. The minimum atomic E-state index is -0.995. The summed E-state index contributed by atoms with van der Waals surface area (Å²) in [6.07, 6.45) is 1.00. The smallest absolute Gasteiger partial charge is 0.253 e. The van der Waals surface area contributed by atoms with Gasteiger partial charge in [0.1, 0.15) is 0 Å². The fraction of sp³-hybridized carbons (Fsp3) is 0.316. The molecule has 0 bridgehead atoms. The van der Waals surface area contributed by atoms with Gasteiger partial charge in [-0.05, 0) is 42.7 Å². The Balaban J connectivity index is 1.60. The van der Waals surface area contributed by atoms with Crippen LogP contribution in [0.2, 0.25) is 0 Å². The van der Waals surface area contributed by atoms with Gasteiger partial charge >= 0.3 is 0 Å². The first kappa shape index (κ1) is 16.4. The molecule has 0 spiro atoms. The zero-order chi connectivity index (χ0) is 17.1. The molecule has 1 fully saturated rings. The van der Waals surface area contributed by atoms with Crippen molar-refractivity contribution in [2.45, 2.75) is 6.42 Å². The number of rotatable bonds is 4. The van der Waals surface area contributed by atoms with Crippen LogP contribution in [0.25, 0.3) is 0 Å². The van der Waals surface area contributed by atoms with E-state index in [4.69, 9.17) is 0 Å². The number of benzene rings is 2. The summed E-state index contributed by atoms with van der Waals surface area (Å²) >= 11 is 0. The van der Waals surface area contributed by atoms with Gasteiger partial charge in [0.25, 0.3) is 5.91 Å². The Kier molecular flexibility index (Phi) is 4.79. The van der Waals surface area contributed by atoms with Crippen LogP contribution >= 0.6 is 0 Å². The molecule has 0 aliphatic carbocycles. The van der Waals surface area contributed by atoms with Crippen LogP contribution in [0.5, 0.6) is 0 Å². The van der Waals surface area contributed by atoms with E-state index in [9.17, 15) is 13.6 Å². The summed E-state index contributed by atoms with van der Waals surface area (Å²) in [5.41, 5.74) is 1.36. The van der Waals surface area contributed by atoms with E-state index in [1.54, 1.807) is 11.9 Å². The van der Waals surface area contributed by atoms with Crippen LogP contribution in [-0.4, -0.2) is 37.5 Å². The van der Waals surface area contributed by atoms with E-state index >= 15 is 0 Å². The largest absolute Gasteiger partial charge is 0.371 e. The van der Waals surface area contributed by atoms with Crippen LogP contribution < -0.4 is 4.90 Å². The number of anilines is 1. The van der Waals surface area contributed by atoms with Crippen molar-refractivity contribution >= 4 is 11.6 Å². The lowest BCUT2D eigenvalue weighted by atomic mass is 10.1. The Labute approximate surface area is 140 Å². The molecule has 2 aromatic carbocycles. The summed E-state index contributed by atoms with van der Waals surface area (Å²) in [6.45, 7) is 2.45. The molecular formula is C19H20F2N2O. The molecule has 24 heavy (non-hydrogen) atoms. The van der Waals surface area contributed by atoms with Gasteiger partial charge in [0, 0.05) is 37.9 Å². The molecule has 0 N–H and O–H groups in total. The highest BCUT2D eigenvalue weighted by atomic mass is 19.2. The first-order chi connectivity index (χ1) is 11.5. The van der Waals surface area contributed by atoms with E-state index in [1.165, 1.54) is 11.8 Å². The molecule has 0 aromatic heterocycles. The fourth-order valence-corrected chi connectivity index (χ4v) is 3.17. The van der Waals surface area contributed by atoms with Crippen LogP contribution in [0.3, 0.4) is 0 Å². The summed E-state index contributed by atoms with van der Waals surface area (Å²) in [5, 5.41) is 0. The van der Waals surface area contributed by atoms with Crippen molar-refractivity contribution in [2.24, 2.45) is 5.92 Å². The van der Waals surface area contributed by atoms with Crippen molar-refractivity contribution in [1.29, 1.82) is 0 Å². The van der Waals surface area contributed by atoms with Crippen LogP contribution in [-0.2, 0) is 0 Å². The maximum absolute atomic E-state index is 13.3. The average molecular weight is 330 g/mol. The first-order valence-corrected chi connectivity index (χ1v) is 8.05. The summed E-state index contributed by atoms with van der Waals surface area (Å²) in [4.78, 5) is 16.3. The standard InChI is InChI=1S/C19H20F2N2O/c1-22(19(24)15-7-8-17(20)18(21)11-15)12-14-9-10-23(13-14)16-5-3-2-4-6-16/h2-8,11,14H,9-10,12-13H2,1H3/t14-/m1/s1. The Hall–Kier alpha value is -2.43. The van der Waals surface area contributed by atoms with Gasteiger partial charge in [0.15, 0.2) is 11.6 Å². The van der Waals surface area contributed by atoms with Crippen LogP contribution in [0.4, 0.5) is 14.5 Å². The molecule has 0 radical (unpaired) electrons. The predicted molar refractivity (Wildman–Crippen MR) is 90.1 cm³/mol. The lowest BCUT2D eigenvalue weighted by Crippen LogP contribution is -2.33. The molecule has 2 aromatic rings. The second-order valence-corrected chi connectivity index (χ2v) is 6.25. The number of para-hydroxylation sites is 1. The van der Waals surface area contributed by atoms with Gasteiger partial charge in [-0.3, -0.25) is 4.79 Å². The third kappa shape index (κ3) is 3.55. The summed E-state index contributed by atoms with van der Waals surface area (Å²) in [7, 11) is 1.70. The first-order valence-electron chi connectivity index (χ1n) is 8.05. The molecule has 3 rings (SSSR count). The molecular weight excluding hydrogens is 310 g/mol. The Morgan fingerprint density at radius 3 is 2.62 bits per heavy atom. The monoisotopic (exact) mass is 330 g/mol. The van der Waals surface area contributed by atoms with Crippen LogP contribution in [0.1, 0.15) is 16.8 Å². The average Bonchev–Trinajstić information content (AvgIpc) is 3.06. The van der Waals surface area contributed by atoms with Crippen molar-refractivity contribution < 1.29 is 13.6 Å². The molecule has 5 heteroatoms. The Morgan fingerprint density at radius 2 is 1.92 bits per heavy atom. The van der Waals surface area contributed by atoms with Crippen molar-refractivity contribution in [3.8, 4) is 0 Å². The minimum Gasteiger partial charge on any atom is -0.371 e. The predicted octanol–water partition coefficient (Wildman–Crippen LogP) is 3.56. The molecule has 1 aliphatic heterocycles. The zero-order valence-electron chi connectivity index (χ0n) is 13.6. The number of amides is 1. The summed E-state index contributed by atoms with van der Waals surface area (Å²) < 4.78 is 26.3. The van der Waals surface area contributed by atoms with Gasteiger partial charge in [0.05, 0.1) is 0 Å². The molecule has 1 saturated heterocycles. The fourth-order valence-electron chi connectivity index (χ4n) is 3.17. The third-order valence-electron chi connectivity index (χ3n) is 4.45. The van der Waals surface area contributed by atoms with E-state index in [2.05, 4.69) is 17.0 Å². The van der Waals surface area contributed by atoms with E-state index in [1.807, 2.05) is 18.2 Å². The lowest BCUT2D eigenvalue weighted by Gasteiger charge is -2.22. The van der Waals surface area contributed by atoms with Gasteiger partial charge in [-0.1, -0.05) is 18.2 Å². The van der Waals surface area contributed by atoms with Gasteiger partial charge in [0.2, 0.25) is 0 Å². The molecule has 1 heterocycles. The van der Waals surface area contributed by atoms with Crippen LogP contribution in [0.15, 0.2) is 48.5 Å². The molecule has 0 unspecified atom stereocenters. The highest BCUT2D eigenvalue weighted by molar-refractivity contribution is 5.94. The number of nitrogens with zero attached hydrogens (tertiary/aromatic N) is 2. The maximum atomic E-state index is 13.3. The minimum absolute atomic E-state index is 0.175. The molecule has 3 nitrogen and oxygen atoms in total. The van der Waals surface area contributed by atoms with Crippen molar-refractivity contribution in [3.63, 3.8) is 0 Å². The Bertz CT molecular complexity index is 721. The second kappa shape index (κ2) is 6.99. The number of halogens is 2. The quantitative estimate of drug-likeness (QED) is 0.856. The van der Waals surface area contributed by atoms with E-state index in [0.29, 0.717) is 12.5 Å². The third-order valence-corrected chi connectivity index (χ3v) is 4.45. The normalized spacial score (nSPS) is 17.1. The maximum Gasteiger partial charge on any atom is 0.253 e. The van der Waals surface area contributed by atoms with E-state index in [-0.39, 0.29) is 11.5 Å². The van der Waals surface area contributed by atoms with Crippen LogP contribution in [0, 0.1) is 17.6 Å². The highest BCUT2D eigenvalue weighted by Crippen LogP contribution is 2.24. The van der Waals surface area contributed by atoms with Gasteiger partial charge in [-0.15, -0.1) is 0 Å². The lowest BCUT2D eigenvalue weighted by molar-refractivity contribution is 0.0776. The second-order valence-electron chi connectivity index (χ2n) is 6.25. The topological polar surface area (TPSA) is 23.6 Å². The van der Waals surface area contributed by atoms with Gasteiger partial charge in [-0.25, -0.2) is 8.78 Å². The van der Waals surface area contributed by atoms with Crippen molar-refractivity contribution in [3.05, 3.63) is 65.7 Å². The van der Waals surface area contributed by atoms with Gasteiger partial charge < -0.3 is 9.80 Å². The number of carbonyl (C=O) groups is 1. The number of hydrogen-bond acceptors (Lipinski definition) is 2. The molecule has 1 aliphatic rings. The number of hydrogen-bond donors (Lipinski definition) is 0. The van der Waals surface area contributed by atoms with E-state index < -0.39 is 11.6 Å². The Morgan fingerprint density at radius 1 is 1.17 bits per heavy atom. The molecule has 1 amide bonds. The summed E-state index contributed by atoms with van der Waals surface area (Å²) in [6, 6.07) is 13.5. The SMILES string of the molecule is CN(C[C@H]1CCN(c2ccccc2)C1)C(=O)c1ccc(F)c(F)c1. The highest BCUT2D eigenvalue weighted by Gasteiger charge is 2.25. The van der Waals surface area contributed by atoms with E-state index in [0.717, 1.165) is 31.6 Å². The zero-order valence-corrected chi connectivity index (χ0v) is 13.6. The molecule has 1 atom stereocenters. The van der Waals surface area contributed by atoms with Gasteiger partial charge in [-0.2, -0.15) is 0 Å².